The summed E-state index contributed by atoms with van der Waals surface area (Å²) in [6, 6.07) is 3.68. The fourth-order valence-electron chi connectivity index (χ4n) is 1.73. The Bertz CT molecular complexity index is 334. The minimum atomic E-state index is -0.207. The lowest BCUT2D eigenvalue weighted by molar-refractivity contribution is -0.00620. The Balaban J connectivity index is 1.93. The van der Waals surface area contributed by atoms with E-state index in [4.69, 9.17) is 15.2 Å². The van der Waals surface area contributed by atoms with Gasteiger partial charge in [0, 0.05) is 26.7 Å². The van der Waals surface area contributed by atoms with Crippen LogP contribution in [0.1, 0.15) is 6.42 Å². The summed E-state index contributed by atoms with van der Waals surface area (Å²) >= 11 is 0. The molecular weight excluding hydrogens is 206 g/mol. The van der Waals surface area contributed by atoms with E-state index in [1.165, 1.54) is 0 Å². The number of nitrogens with zero attached hydrogens (tertiary/aromatic N) is 1. The Hall–Kier alpha value is -1.33. The van der Waals surface area contributed by atoms with Crippen LogP contribution in [0.5, 0.6) is 0 Å². The van der Waals surface area contributed by atoms with Crippen molar-refractivity contribution in [2.45, 2.75) is 12.0 Å². The molecule has 5 heteroatoms. The maximum atomic E-state index is 5.51. The van der Waals surface area contributed by atoms with Gasteiger partial charge >= 0.3 is 0 Å². The normalized spacial score (nSPS) is 24.6. The molecule has 2 heterocycles. The third-order valence-corrected chi connectivity index (χ3v) is 2.90. The number of hydrogen-bond donors (Lipinski definition) is 2. The smallest absolute Gasteiger partial charge is 0.123 e. The largest absolute Gasteiger partial charge is 0.384 e. The van der Waals surface area contributed by atoms with E-state index in [0.29, 0.717) is 12.4 Å². The van der Waals surface area contributed by atoms with Gasteiger partial charge in [0.15, 0.2) is 0 Å². The summed E-state index contributed by atoms with van der Waals surface area (Å²) in [6.07, 6.45) is 2.63. The van der Waals surface area contributed by atoms with E-state index in [9.17, 15) is 0 Å². The highest BCUT2D eigenvalue weighted by Crippen LogP contribution is 2.23. The standard InChI is InChI=1S/C11H17N3O2/c1-15-11(4-5-16-8-11)7-14-9-2-3-10(12)13-6-9/h2-3,6,14H,4-5,7-8H2,1H3,(H2,12,13). The van der Waals surface area contributed by atoms with Gasteiger partial charge in [0.25, 0.3) is 0 Å². The van der Waals surface area contributed by atoms with Gasteiger partial charge in [-0.15, -0.1) is 0 Å². The third-order valence-electron chi connectivity index (χ3n) is 2.90. The maximum absolute atomic E-state index is 5.51. The highest BCUT2D eigenvalue weighted by Gasteiger charge is 2.34. The molecule has 3 N–H and O–H groups in total. The van der Waals surface area contributed by atoms with Crippen molar-refractivity contribution < 1.29 is 9.47 Å². The summed E-state index contributed by atoms with van der Waals surface area (Å²) in [5.41, 5.74) is 6.25. The zero-order valence-electron chi connectivity index (χ0n) is 9.40. The fourth-order valence-corrected chi connectivity index (χ4v) is 1.73. The van der Waals surface area contributed by atoms with Crippen molar-refractivity contribution in [1.29, 1.82) is 0 Å². The van der Waals surface area contributed by atoms with Crippen LogP contribution in [0.3, 0.4) is 0 Å². The van der Waals surface area contributed by atoms with E-state index in [-0.39, 0.29) is 5.60 Å². The molecule has 1 aliphatic heterocycles. The van der Waals surface area contributed by atoms with Crippen LogP contribution in [-0.2, 0) is 9.47 Å². The van der Waals surface area contributed by atoms with Crippen molar-refractivity contribution in [2.75, 3.05) is 37.9 Å². The average Bonchev–Trinajstić information content (AvgIpc) is 2.78. The minimum Gasteiger partial charge on any atom is -0.384 e. The van der Waals surface area contributed by atoms with Crippen LogP contribution in [-0.4, -0.2) is 37.5 Å². The van der Waals surface area contributed by atoms with Crippen molar-refractivity contribution in [1.82, 2.24) is 4.98 Å². The first-order valence-electron chi connectivity index (χ1n) is 5.32. The van der Waals surface area contributed by atoms with E-state index in [1.807, 2.05) is 6.07 Å². The zero-order chi connectivity index (χ0) is 11.4. The second-order valence-corrected chi connectivity index (χ2v) is 4.02. The Kier molecular flexibility index (Phi) is 3.26. The van der Waals surface area contributed by atoms with Crippen molar-refractivity contribution in [2.24, 2.45) is 0 Å². The van der Waals surface area contributed by atoms with Gasteiger partial charge in [-0.3, -0.25) is 0 Å². The third kappa shape index (κ3) is 2.43. The molecule has 2 rings (SSSR count). The lowest BCUT2D eigenvalue weighted by atomic mass is 10.0. The van der Waals surface area contributed by atoms with Gasteiger partial charge in [-0.25, -0.2) is 4.98 Å². The van der Waals surface area contributed by atoms with Gasteiger partial charge in [-0.05, 0) is 12.1 Å². The van der Waals surface area contributed by atoms with Crippen LogP contribution in [0.4, 0.5) is 11.5 Å². The molecule has 1 aliphatic rings. The number of pyridine rings is 1. The number of nitrogens with two attached hydrogens (primary N) is 1. The van der Waals surface area contributed by atoms with Crippen molar-refractivity contribution in [3.63, 3.8) is 0 Å². The molecule has 0 saturated carbocycles. The summed E-state index contributed by atoms with van der Waals surface area (Å²) in [5, 5.41) is 3.28. The Morgan fingerprint density at radius 3 is 3.06 bits per heavy atom. The van der Waals surface area contributed by atoms with Crippen molar-refractivity contribution in [3.05, 3.63) is 18.3 Å². The molecule has 1 unspecified atom stereocenters. The van der Waals surface area contributed by atoms with Gasteiger partial charge < -0.3 is 20.5 Å². The molecule has 5 nitrogen and oxygen atoms in total. The predicted molar refractivity (Wildman–Crippen MR) is 62.3 cm³/mol. The van der Waals surface area contributed by atoms with Crippen LogP contribution in [0.15, 0.2) is 18.3 Å². The molecule has 88 valence electrons. The van der Waals surface area contributed by atoms with E-state index < -0.39 is 0 Å². The predicted octanol–water partition coefficient (Wildman–Crippen LogP) is 0.881. The van der Waals surface area contributed by atoms with E-state index in [0.717, 1.165) is 25.3 Å². The molecule has 0 spiro atoms. The first-order chi connectivity index (χ1) is 7.74. The molecule has 1 aromatic heterocycles. The van der Waals surface area contributed by atoms with E-state index in [2.05, 4.69) is 10.3 Å². The highest BCUT2D eigenvalue weighted by molar-refractivity contribution is 5.45. The summed E-state index contributed by atoms with van der Waals surface area (Å²) in [5.74, 6) is 0.524. The molecule has 0 bridgehead atoms. The van der Waals surface area contributed by atoms with Gasteiger partial charge in [-0.1, -0.05) is 0 Å². The number of nitrogen functional groups attached to an aromatic ring is 1. The number of aromatic nitrogens is 1. The number of hydrogen-bond acceptors (Lipinski definition) is 5. The van der Waals surface area contributed by atoms with Gasteiger partial charge in [-0.2, -0.15) is 0 Å². The van der Waals surface area contributed by atoms with Crippen LogP contribution in [0.2, 0.25) is 0 Å². The number of nitrogens with one attached hydrogen (secondary N) is 1. The summed E-state index contributed by atoms with van der Waals surface area (Å²) in [7, 11) is 1.72. The highest BCUT2D eigenvalue weighted by atomic mass is 16.5. The number of anilines is 2. The maximum Gasteiger partial charge on any atom is 0.123 e. The van der Waals surface area contributed by atoms with Crippen molar-refractivity contribution >= 4 is 11.5 Å². The number of methoxy groups -OCH3 is 1. The van der Waals surface area contributed by atoms with E-state index >= 15 is 0 Å². The Morgan fingerprint density at radius 2 is 2.50 bits per heavy atom. The van der Waals surface area contributed by atoms with Crippen molar-refractivity contribution in [3.8, 4) is 0 Å². The average molecular weight is 223 g/mol. The van der Waals surface area contributed by atoms with Crippen LogP contribution in [0.25, 0.3) is 0 Å². The van der Waals surface area contributed by atoms with Gasteiger partial charge in [0.2, 0.25) is 0 Å². The van der Waals surface area contributed by atoms with Crippen LogP contribution in [0, 0.1) is 0 Å². The van der Waals surface area contributed by atoms with Gasteiger partial charge in [0.05, 0.1) is 18.5 Å². The first-order valence-corrected chi connectivity index (χ1v) is 5.32. The zero-order valence-corrected chi connectivity index (χ0v) is 9.40. The molecule has 0 aromatic carbocycles. The molecule has 16 heavy (non-hydrogen) atoms. The van der Waals surface area contributed by atoms with Crippen LogP contribution >= 0.6 is 0 Å². The summed E-state index contributed by atoms with van der Waals surface area (Å²) in [6.45, 7) is 2.11. The molecule has 1 fully saturated rings. The number of rotatable bonds is 4. The van der Waals surface area contributed by atoms with E-state index in [1.54, 1.807) is 19.4 Å². The second-order valence-electron chi connectivity index (χ2n) is 4.02. The van der Waals surface area contributed by atoms with Gasteiger partial charge in [0.1, 0.15) is 11.4 Å². The number of ether oxygens (including phenoxy) is 2. The molecule has 0 amide bonds. The molecule has 0 radical (unpaired) electrons. The Morgan fingerprint density at radius 1 is 1.62 bits per heavy atom. The van der Waals surface area contributed by atoms with Crippen LogP contribution < -0.4 is 11.1 Å². The molecule has 0 aliphatic carbocycles. The topological polar surface area (TPSA) is 69.4 Å². The quantitative estimate of drug-likeness (QED) is 0.793. The molecule has 1 atom stereocenters. The monoisotopic (exact) mass is 223 g/mol. The second kappa shape index (κ2) is 4.67. The molecule has 1 aromatic rings. The first kappa shape index (κ1) is 11.2. The summed E-state index contributed by atoms with van der Waals surface area (Å²) in [4.78, 5) is 4.02. The minimum absolute atomic E-state index is 0.207. The fraction of sp³-hybridized carbons (Fsp3) is 0.545. The Labute approximate surface area is 95.0 Å². The lowest BCUT2D eigenvalue weighted by Gasteiger charge is -2.26. The summed E-state index contributed by atoms with van der Waals surface area (Å²) < 4.78 is 10.9. The molecular formula is C11H17N3O2. The SMILES string of the molecule is COC1(CNc2ccc(N)nc2)CCOC1. The molecule has 1 saturated heterocycles. The lowest BCUT2D eigenvalue weighted by Crippen LogP contribution is -2.39.